The average molecular weight is 331 g/mol. The molecule has 1 aliphatic carbocycles. The van der Waals surface area contributed by atoms with Crippen LogP contribution >= 0.6 is 0 Å². The summed E-state index contributed by atoms with van der Waals surface area (Å²) < 4.78 is 11.5. The smallest absolute Gasteiger partial charge is 0.161 e. The van der Waals surface area contributed by atoms with Crippen LogP contribution in [-0.2, 0) is 5.41 Å². The summed E-state index contributed by atoms with van der Waals surface area (Å²) in [6, 6.07) is 6.34. The van der Waals surface area contributed by atoms with Gasteiger partial charge in [-0.15, -0.1) is 0 Å². The molecule has 4 nitrogen and oxygen atoms in total. The third kappa shape index (κ3) is 3.00. The summed E-state index contributed by atoms with van der Waals surface area (Å²) in [5.74, 6) is 1.62. The summed E-state index contributed by atoms with van der Waals surface area (Å²) in [6.07, 6.45) is 6.74. The van der Waals surface area contributed by atoms with Gasteiger partial charge in [0.1, 0.15) is 0 Å². The van der Waals surface area contributed by atoms with Crippen LogP contribution in [0.15, 0.2) is 30.0 Å². The van der Waals surface area contributed by atoms with Crippen LogP contribution in [0.4, 0.5) is 0 Å². The fourth-order valence-corrected chi connectivity index (χ4v) is 4.02. The van der Waals surface area contributed by atoms with Crippen molar-refractivity contribution in [3.8, 4) is 11.5 Å². The fourth-order valence-electron chi connectivity index (χ4n) is 4.02. The lowest BCUT2D eigenvalue weighted by Crippen LogP contribution is -2.33. The standard InChI is InChI=1S/C20H29NO3/c1-4-5-12-24-18-13-15(6-7-17(18)23-3)20-9-8-16(22)14-19(20)21(2)11-10-20/h6-7,13-14,16,22H,4-5,8-12H2,1-3H3/t16-,20+/m1/s1. The Balaban J connectivity index is 1.96. The highest BCUT2D eigenvalue weighted by Gasteiger charge is 2.45. The van der Waals surface area contributed by atoms with Gasteiger partial charge >= 0.3 is 0 Å². The fraction of sp³-hybridized carbons (Fsp3) is 0.600. The molecular weight excluding hydrogens is 302 g/mol. The largest absolute Gasteiger partial charge is 0.493 e. The van der Waals surface area contributed by atoms with Gasteiger partial charge in [-0.05, 0) is 49.5 Å². The number of likely N-dealkylation sites (tertiary alicyclic amines) is 1. The van der Waals surface area contributed by atoms with E-state index < -0.39 is 0 Å². The maximum atomic E-state index is 10.1. The van der Waals surface area contributed by atoms with Crippen molar-refractivity contribution in [1.29, 1.82) is 0 Å². The van der Waals surface area contributed by atoms with Crippen molar-refractivity contribution < 1.29 is 14.6 Å². The first-order valence-corrected chi connectivity index (χ1v) is 9.03. The molecule has 2 atom stereocenters. The Hall–Kier alpha value is -1.68. The summed E-state index contributed by atoms with van der Waals surface area (Å²) in [4.78, 5) is 2.28. The molecular formula is C20H29NO3. The number of unbranched alkanes of at least 4 members (excludes halogenated alkanes) is 1. The normalized spacial score (nSPS) is 26.1. The second-order valence-corrected chi connectivity index (χ2v) is 6.98. The summed E-state index contributed by atoms with van der Waals surface area (Å²) in [5.41, 5.74) is 2.53. The van der Waals surface area contributed by atoms with Crippen molar-refractivity contribution in [1.82, 2.24) is 4.90 Å². The number of ether oxygens (including phenoxy) is 2. The van der Waals surface area contributed by atoms with Crippen molar-refractivity contribution in [2.75, 3.05) is 27.3 Å². The number of nitrogens with zero attached hydrogens (tertiary/aromatic N) is 1. The topological polar surface area (TPSA) is 41.9 Å². The molecule has 0 amide bonds. The molecule has 0 bridgehead atoms. The first-order valence-electron chi connectivity index (χ1n) is 9.03. The van der Waals surface area contributed by atoms with E-state index in [0.717, 1.165) is 50.1 Å². The zero-order valence-electron chi connectivity index (χ0n) is 15.0. The molecule has 3 rings (SSSR count). The molecule has 1 aromatic carbocycles. The Labute approximate surface area is 145 Å². The highest BCUT2D eigenvalue weighted by molar-refractivity contribution is 5.49. The average Bonchev–Trinajstić information content (AvgIpc) is 2.93. The zero-order valence-corrected chi connectivity index (χ0v) is 15.0. The first kappa shape index (κ1) is 17.2. The Kier molecular flexibility index (Phi) is 5.04. The van der Waals surface area contributed by atoms with E-state index in [9.17, 15) is 5.11 Å². The second kappa shape index (κ2) is 7.06. The molecule has 1 N–H and O–H groups in total. The van der Waals surface area contributed by atoms with Gasteiger partial charge in [0.15, 0.2) is 11.5 Å². The van der Waals surface area contributed by atoms with Crippen LogP contribution in [0, 0.1) is 0 Å². The molecule has 132 valence electrons. The molecule has 1 aromatic rings. The van der Waals surface area contributed by atoms with Crippen LogP contribution < -0.4 is 9.47 Å². The minimum Gasteiger partial charge on any atom is -0.493 e. The van der Waals surface area contributed by atoms with Gasteiger partial charge in [0.05, 0.1) is 19.8 Å². The molecule has 0 spiro atoms. The summed E-state index contributed by atoms with van der Waals surface area (Å²) >= 11 is 0. The Bertz CT molecular complexity index is 613. The molecule has 0 unspecified atom stereocenters. The molecule has 1 saturated heterocycles. The van der Waals surface area contributed by atoms with Crippen molar-refractivity contribution in [3.05, 3.63) is 35.5 Å². The maximum Gasteiger partial charge on any atom is 0.161 e. The Morgan fingerprint density at radius 1 is 1.29 bits per heavy atom. The minimum absolute atomic E-state index is 0.00309. The first-order chi connectivity index (χ1) is 11.6. The lowest BCUT2D eigenvalue weighted by atomic mass is 9.70. The molecule has 0 saturated carbocycles. The molecule has 0 radical (unpaired) electrons. The van der Waals surface area contributed by atoms with Crippen LogP contribution in [-0.4, -0.2) is 43.4 Å². The zero-order chi connectivity index (χ0) is 17.2. The van der Waals surface area contributed by atoms with Gasteiger partial charge in [-0.1, -0.05) is 19.4 Å². The van der Waals surface area contributed by atoms with E-state index in [2.05, 4.69) is 31.0 Å². The number of fused-ring (bicyclic) bond motifs is 1. The third-order valence-corrected chi connectivity index (χ3v) is 5.46. The summed E-state index contributed by atoms with van der Waals surface area (Å²) in [5, 5.41) is 10.1. The molecule has 1 heterocycles. The number of methoxy groups -OCH3 is 1. The lowest BCUT2D eigenvalue weighted by Gasteiger charge is -2.37. The Morgan fingerprint density at radius 2 is 2.12 bits per heavy atom. The van der Waals surface area contributed by atoms with Crippen molar-refractivity contribution in [2.45, 2.75) is 50.5 Å². The van der Waals surface area contributed by atoms with E-state index in [1.54, 1.807) is 7.11 Å². The Morgan fingerprint density at radius 3 is 2.88 bits per heavy atom. The third-order valence-electron chi connectivity index (χ3n) is 5.46. The predicted octanol–water partition coefficient (Wildman–Crippen LogP) is 3.49. The van der Waals surface area contributed by atoms with Crippen molar-refractivity contribution >= 4 is 0 Å². The molecule has 4 heteroatoms. The van der Waals surface area contributed by atoms with Crippen LogP contribution in [0.25, 0.3) is 0 Å². The van der Waals surface area contributed by atoms with Crippen molar-refractivity contribution in [3.63, 3.8) is 0 Å². The molecule has 1 aliphatic heterocycles. The van der Waals surface area contributed by atoms with Gasteiger partial charge in [-0.3, -0.25) is 0 Å². The number of benzene rings is 1. The number of aliphatic hydroxyl groups excluding tert-OH is 1. The van der Waals surface area contributed by atoms with E-state index in [0.29, 0.717) is 6.61 Å². The highest BCUT2D eigenvalue weighted by Crippen LogP contribution is 2.50. The van der Waals surface area contributed by atoms with E-state index in [-0.39, 0.29) is 11.5 Å². The van der Waals surface area contributed by atoms with Crippen molar-refractivity contribution in [2.24, 2.45) is 0 Å². The summed E-state index contributed by atoms with van der Waals surface area (Å²) in [6.45, 7) is 3.90. The molecule has 24 heavy (non-hydrogen) atoms. The van der Waals surface area contributed by atoms with Crippen LogP contribution in [0.1, 0.15) is 44.6 Å². The number of allylic oxidation sites excluding steroid dienone is 1. The highest BCUT2D eigenvalue weighted by atomic mass is 16.5. The van der Waals surface area contributed by atoms with Gasteiger partial charge < -0.3 is 19.5 Å². The molecule has 1 fully saturated rings. The SMILES string of the molecule is CCCCOc1cc([C@@]23CC[C@@H](O)C=C2N(C)CC3)ccc1OC. The van der Waals surface area contributed by atoms with E-state index in [1.807, 2.05) is 12.1 Å². The van der Waals surface area contributed by atoms with E-state index >= 15 is 0 Å². The lowest BCUT2D eigenvalue weighted by molar-refractivity contribution is 0.181. The predicted molar refractivity (Wildman–Crippen MR) is 95.6 cm³/mol. The minimum atomic E-state index is -0.327. The van der Waals surface area contributed by atoms with Gasteiger partial charge in [-0.25, -0.2) is 0 Å². The van der Waals surface area contributed by atoms with Gasteiger partial charge in [0.25, 0.3) is 0 Å². The monoisotopic (exact) mass is 331 g/mol. The van der Waals surface area contributed by atoms with Gasteiger partial charge in [0, 0.05) is 24.7 Å². The quantitative estimate of drug-likeness (QED) is 0.810. The molecule has 2 aliphatic rings. The number of aliphatic hydroxyl groups is 1. The number of hydrogen-bond donors (Lipinski definition) is 1. The van der Waals surface area contributed by atoms with E-state index in [4.69, 9.17) is 9.47 Å². The second-order valence-electron chi connectivity index (χ2n) is 6.98. The molecule has 0 aromatic heterocycles. The van der Waals surface area contributed by atoms with E-state index in [1.165, 1.54) is 11.3 Å². The van der Waals surface area contributed by atoms with Gasteiger partial charge in [0.2, 0.25) is 0 Å². The van der Waals surface area contributed by atoms with Gasteiger partial charge in [-0.2, -0.15) is 0 Å². The number of rotatable bonds is 6. The van der Waals surface area contributed by atoms with Crippen LogP contribution in [0.2, 0.25) is 0 Å². The number of likely N-dealkylation sites (N-methyl/N-ethyl adjacent to an activating group) is 1. The van der Waals surface area contributed by atoms with Crippen LogP contribution in [0.3, 0.4) is 0 Å². The number of hydrogen-bond acceptors (Lipinski definition) is 4. The van der Waals surface area contributed by atoms with Crippen LogP contribution in [0.5, 0.6) is 11.5 Å². The summed E-state index contributed by atoms with van der Waals surface area (Å²) in [7, 11) is 3.80. The maximum absolute atomic E-state index is 10.1.